The molecule has 0 spiro atoms. The quantitative estimate of drug-likeness (QED) is 0.872. The van der Waals surface area contributed by atoms with Gasteiger partial charge in [0.25, 0.3) is 5.91 Å². The van der Waals surface area contributed by atoms with Crippen LogP contribution in [0.25, 0.3) is 0 Å². The number of carbonyl (C=O) groups excluding carboxylic acids is 1. The fraction of sp³-hybridized carbons (Fsp3) is 0.562. The van der Waals surface area contributed by atoms with Crippen molar-refractivity contribution in [3.8, 4) is 11.5 Å². The van der Waals surface area contributed by atoms with Crippen molar-refractivity contribution in [1.29, 1.82) is 0 Å². The maximum atomic E-state index is 12.4. The van der Waals surface area contributed by atoms with E-state index in [2.05, 4.69) is 5.32 Å². The molecule has 116 valence electrons. The molecule has 0 radical (unpaired) electrons. The summed E-state index contributed by atoms with van der Waals surface area (Å²) < 4.78 is 10.4. The lowest BCUT2D eigenvalue weighted by atomic mass is 9.82. The van der Waals surface area contributed by atoms with Gasteiger partial charge >= 0.3 is 0 Å². The number of ether oxygens (including phenoxy) is 2. The molecule has 5 heteroatoms. The molecule has 1 fully saturated rings. The number of hydrogen-bond donors (Lipinski definition) is 2. The van der Waals surface area contributed by atoms with Crippen LogP contribution in [0.2, 0.25) is 0 Å². The van der Waals surface area contributed by atoms with Gasteiger partial charge in [0.1, 0.15) is 0 Å². The molecule has 1 amide bonds. The van der Waals surface area contributed by atoms with E-state index in [1.807, 2.05) is 0 Å². The van der Waals surface area contributed by atoms with Gasteiger partial charge in [0.15, 0.2) is 11.5 Å². The number of carbonyl (C=O) groups is 1. The molecule has 1 aromatic rings. The normalized spacial score (nSPS) is 17.1. The Balaban J connectivity index is 2.15. The summed E-state index contributed by atoms with van der Waals surface area (Å²) in [6.07, 6.45) is 4.87. The molecule has 0 saturated heterocycles. The molecule has 2 rings (SSSR count). The standard InChI is InChI=1S/C16H23NO4/c1-20-13-7-6-12(10-14(13)21-2)15(19)17-16(11-18)8-4-3-5-9-16/h6-7,10,18H,3-5,8-9,11H2,1-2H3,(H,17,19). The second-order valence-corrected chi connectivity index (χ2v) is 5.52. The summed E-state index contributed by atoms with van der Waals surface area (Å²) in [5, 5.41) is 12.7. The number of benzene rings is 1. The largest absolute Gasteiger partial charge is 0.493 e. The monoisotopic (exact) mass is 293 g/mol. The number of hydrogen-bond acceptors (Lipinski definition) is 4. The van der Waals surface area contributed by atoms with Crippen LogP contribution in [0.4, 0.5) is 0 Å². The first-order chi connectivity index (χ1) is 10.1. The van der Waals surface area contributed by atoms with Crippen LogP contribution in [0, 0.1) is 0 Å². The number of rotatable bonds is 5. The molecule has 2 N–H and O–H groups in total. The minimum Gasteiger partial charge on any atom is -0.493 e. The highest BCUT2D eigenvalue weighted by atomic mass is 16.5. The highest BCUT2D eigenvalue weighted by Gasteiger charge is 2.33. The molecule has 0 heterocycles. The van der Waals surface area contributed by atoms with Crippen LogP contribution in [-0.2, 0) is 0 Å². The molecule has 0 aromatic heterocycles. The zero-order valence-electron chi connectivity index (χ0n) is 12.6. The molecular weight excluding hydrogens is 270 g/mol. The van der Waals surface area contributed by atoms with Crippen LogP contribution < -0.4 is 14.8 Å². The number of methoxy groups -OCH3 is 2. The first-order valence-electron chi connectivity index (χ1n) is 7.29. The van der Waals surface area contributed by atoms with Crippen molar-refractivity contribution in [1.82, 2.24) is 5.32 Å². The third kappa shape index (κ3) is 3.47. The zero-order valence-corrected chi connectivity index (χ0v) is 12.6. The Morgan fingerprint density at radius 1 is 1.19 bits per heavy atom. The van der Waals surface area contributed by atoms with E-state index in [0.29, 0.717) is 17.1 Å². The number of aliphatic hydroxyl groups is 1. The topological polar surface area (TPSA) is 67.8 Å². The minimum absolute atomic E-state index is 0.0218. The molecule has 1 aliphatic rings. The Morgan fingerprint density at radius 3 is 2.43 bits per heavy atom. The van der Waals surface area contributed by atoms with Crippen LogP contribution in [0.3, 0.4) is 0 Å². The van der Waals surface area contributed by atoms with Crippen LogP contribution in [0.1, 0.15) is 42.5 Å². The maximum absolute atomic E-state index is 12.4. The van der Waals surface area contributed by atoms with Gasteiger partial charge in [-0.05, 0) is 31.0 Å². The summed E-state index contributed by atoms with van der Waals surface area (Å²) in [5.41, 5.74) is 0.0220. The van der Waals surface area contributed by atoms with E-state index in [0.717, 1.165) is 32.1 Å². The molecule has 1 saturated carbocycles. The van der Waals surface area contributed by atoms with Crippen molar-refractivity contribution in [3.05, 3.63) is 23.8 Å². The molecule has 21 heavy (non-hydrogen) atoms. The van der Waals surface area contributed by atoms with Gasteiger partial charge in [0.2, 0.25) is 0 Å². The average Bonchev–Trinajstić information content (AvgIpc) is 2.54. The van der Waals surface area contributed by atoms with Crippen molar-refractivity contribution in [3.63, 3.8) is 0 Å². The average molecular weight is 293 g/mol. The number of nitrogens with one attached hydrogen (secondary N) is 1. The highest BCUT2D eigenvalue weighted by molar-refractivity contribution is 5.95. The maximum Gasteiger partial charge on any atom is 0.251 e. The molecule has 1 aliphatic carbocycles. The van der Waals surface area contributed by atoms with Gasteiger partial charge in [-0.3, -0.25) is 4.79 Å². The van der Waals surface area contributed by atoms with Crippen molar-refractivity contribution in [2.45, 2.75) is 37.6 Å². The van der Waals surface area contributed by atoms with Crippen LogP contribution >= 0.6 is 0 Å². The Hall–Kier alpha value is -1.75. The van der Waals surface area contributed by atoms with E-state index >= 15 is 0 Å². The summed E-state index contributed by atoms with van der Waals surface area (Å²) in [6, 6.07) is 5.06. The first-order valence-corrected chi connectivity index (χ1v) is 7.29. The van der Waals surface area contributed by atoms with Crippen molar-refractivity contribution in [2.75, 3.05) is 20.8 Å². The summed E-state index contributed by atoms with van der Waals surface area (Å²) in [5.74, 6) is 0.919. The van der Waals surface area contributed by atoms with E-state index in [4.69, 9.17) is 9.47 Å². The molecular formula is C16H23NO4. The van der Waals surface area contributed by atoms with Crippen molar-refractivity contribution in [2.24, 2.45) is 0 Å². The number of amides is 1. The highest BCUT2D eigenvalue weighted by Crippen LogP contribution is 2.30. The SMILES string of the molecule is COc1ccc(C(=O)NC2(CO)CCCCC2)cc1OC. The minimum atomic E-state index is -0.484. The Kier molecular flexibility index (Phi) is 5.07. The van der Waals surface area contributed by atoms with Gasteiger partial charge in [0.05, 0.1) is 26.4 Å². The van der Waals surface area contributed by atoms with Crippen molar-refractivity contribution < 1.29 is 19.4 Å². The van der Waals surface area contributed by atoms with Gasteiger partial charge in [-0.2, -0.15) is 0 Å². The third-order valence-corrected chi connectivity index (χ3v) is 4.14. The van der Waals surface area contributed by atoms with Crippen molar-refractivity contribution >= 4 is 5.91 Å². The lowest BCUT2D eigenvalue weighted by Crippen LogP contribution is -2.52. The Bertz CT molecular complexity index is 495. The van der Waals surface area contributed by atoms with Gasteiger partial charge in [-0.1, -0.05) is 19.3 Å². The second-order valence-electron chi connectivity index (χ2n) is 5.52. The van der Waals surface area contributed by atoms with Gasteiger partial charge in [-0.25, -0.2) is 0 Å². The predicted octanol–water partition coefficient (Wildman–Crippen LogP) is 2.13. The first kappa shape index (κ1) is 15.6. The summed E-state index contributed by atoms with van der Waals surface area (Å²) in [6.45, 7) is -0.0218. The van der Waals surface area contributed by atoms with E-state index in [1.165, 1.54) is 7.11 Å². The predicted molar refractivity (Wildman–Crippen MR) is 79.9 cm³/mol. The molecule has 0 aliphatic heterocycles. The van der Waals surface area contributed by atoms with Crippen LogP contribution in [0.5, 0.6) is 11.5 Å². The molecule has 5 nitrogen and oxygen atoms in total. The zero-order chi connectivity index (χ0) is 15.3. The van der Waals surface area contributed by atoms with Crippen LogP contribution in [0.15, 0.2) is 18.2 Å². The number of aliphatic hydroxyl groups excluding tert-OH is 1. The van der Waals surface area contributed by atoms with E-state index in [-0.39, 0.29) is 12.5 Å². The second kappa shape index (κ2) is 6.80. The lowest BCUT2D eigenvalue weighted by molar-refractivity contribution is 0.0758. The van der Waals surface area contributed by atoms with Gasteiger partial charge in [0, 0.05) is 5.56 Å². The molecule has 0 unspecified atom stereocenters. The molecule has 0 atom stereocenters. The fourth-order valence-electron chi connectivity index (χ4n) is 2.84. The smallest absolute Gasteiger partial charge is 0.251 e. The Morgan fingerprint density at radius 2 is 1.86 bits per heavy atom. The van der Waals surface area contributed by atoms with Crippen LogP contribution in [-0.4, -0.2) is 37.4 Å². The summed E-state index contributed by atoms with van der Waals surface area (Å²) in [7, 11) is 3.09. The summed E-state index contributed by atoms with van der Waals surface area (Å²) >= 11 is 0. The van der Waals surface area contributed by atoms with E-state index < -0.39 is 5.54 Å². The fourth-order valence-corrected chi connectivity index (χ4v) is 2.84. The molecule has 1 aromatic carbocycles. The summed E-state index contributed by atoms with van der Waals surface area (Å²) in [4.78, 5) is 12.4. The van der Waals surface area contributed by atoms with E-state index in [1.54, 1.807) is 25.3 Å². The van der Waals surface area contributed by atoms with E-state index in [9.17, 15) is 9.90 Å². The lowest BCUT2D eigenvalue weighted by Gasteiger charge is -2.36. The third-order valence-electron chi connectivity index (χ3n) is 4.14. The van der Waals surface area contributed by atoms with Gasteiger partial charge < -0.3 is 19.9 Å². The van der Waals surface area contributed by atoms with Gasteiger partial charge in [-0.15, -0.1) is 0 Å². The Labute approximate surface area is 125 Å². The molecule has 0 bridgehead atoms.